The van der Waals surface area contributed by atoms with Gasteiger partial charge in [0.25, 0.3) is 5.91 Å². The molecule has 13 heteroatoms. The maximum absolute atomic E-state index is 12.5. The largest absolute Gasteiger partial charge is 0.450 e. The van der Waals surface area contributed by atoms with Gasteiger partial charge in [-0.3, -0.25) is 9.59 Å². The van der Waals surface area contributed by atoms with Gasteiger partial charge in [0.2, 0.25) is 5.91 Å². The van der Waals surface area contributed by atoms with Crippen molar-refractivity contribution in [1.82, 2.24) is 14.4 Å². The Kier molecular flexibility index (Phi) is 8.66. The molecule has 0 bridgehead atoms. The van der Waals surface area contributed by atoms with Gasteiger partial charge in [0.1, 0.15) is 11.5 Å². The first kappa shape index (κ1) is 26.1. The van der Waals surface area contributed by atoms with Gasteiger partial charge in [-0.2, -0.15) is 4.99 Å². The molecule has 1 fully saturated rings. The van der Waals surface area contributed by atoms with Crippen molar-refractivity contribution in [2.24, 2.45) is 4.99 Å². The third-order valence-electron chi connectivity index (χ3n) is 5.02. The van der Waals surface area contributed by atoms with Gasteiger partial charge in [0, 0.05) is 37.2 Å². The highest BCUT2D eigenvalue weighted by Crippen LogP contribution is 2.22. The predicted molar refractivity (Wildman–Crippen MR) is 132 cm³/mol. The van der Waals surface area contributed by atoms with Gasteiger partial charge in [-0.1, -0.05) is 33.3 Å². The number of ether oxygens (including phenoxy) is 1. The molecule has 1 aliphatic rings. The Labute approximate surface area is 209 Å². The van der Waals surface area contributed by atoms with Gasteiger partial charge in [-0.25, -0.2) is 13.2 Å². The van der Waals surface area contributed by atoms with E-state index in [0.717, 1.165) is 14.7 Å². The second kappa shape index (κ2) is 11.3. The summed E-state index contributed by atoms with van der Waals surface area (Å²) < 4.78 is 33.5. The number of aromatic nitrogens is 1. The monoisotopic (exact) mass is 572 g/mol. The summed E-state index contributed by atoms with van der Waals surface area (Å²) in [6.45, 7) is 6.98. The summed E-state index contributed by atoms with van der Waals surface area (Å²) in [5.41, 5.74) is 0.847. The van der Waals surface area contributed by atoms with E-state index in [0.29, 0.717) is 11.3 Å². The molecule has 0 radical (unpaired) electrons. The number of hydrogen-bond acceptors (Lipinski definition) is 7. The summed E-state index contributed by atoms with van der Waals surface area (Å²) >= 11 is 4.67. The van der Waals surface area contributed by atoms with Crippen molar-refractivity contribution in [3.05, 3.63) is 40.1 Å². The number of carbonyl (C=O) groups excluding carboxylic acids is 3. The highest BCUT2D eigenvalue weighted by molar-refractivity contribution is 9.10. The summed E-state index contributed by atoms with van der Waals surface area (Å²) in [6.07, 6.45) is 1.20. The molecule has 0 N–H and O–H groups in total. The van der Waals surface area contributed by atoms with Crippen LogP contribution in [0.5, 0.6) is 0 Å². The van der Waals surface area contributed by atoms with E-state index in [-0.39, 0.29) is 32.8 Å². The standard InChI is InChI=1S/C21H25BrN4O6S2/c1-3-7-26-16-6-5-15(22)12-17(16)33-20(26)23-18(27)13-34(30,31)14-19(28)24-8-10-25(11-9-24)21(29)32-4-2/h3,5-6,12H,1,4,7-11,13-14H2,2H3. The summed E-state index contributed by atoms with van der Waals surface area (Å²) in [5.74, 6) is -3.11. The molecule has 0 saturated carbocycles. The Morgan fingerprint density at radius 2 is 1.85 bits per heavy atom. The van der Waals surface area contributed by atoms with E-state index in [1.54, 1.807) is 17.6 Å². The van der Waals surface area contributed by atoms with Gasteiger partial charge in [-0.15, -0.1) is 6.58 Å². The van der Waals surface area contributed by atoms with Crippen LogP contribution >= 0.6 is 27.3 Å². The highest BCUT2D eigenvalue weighted by atomic mass is 79.9. The number of rotatable bonds is 7. The molecule has 1 saturated heterocycles. The zero-order valence-electron chi connectivity index (χ0n) is 18.6. The second-order valence-corrected chi connectivity index (χ2v) is 11.5. The molecule has 0 unspecified atom stereocenters. The summed E-state index contributed by atoms with van der Waals surface area (Å²) in [6, 6.07) is 5.63. The number of fused-ring (bicyclic) bond motifs is 1. The maximum Gasteiger partial charge on any atom is 0.409 e. The third-order valence-corrected chi connectivity index (χ3v) is 7.93. The lowest BCUT2D eigenvalue weighted by molar-refractivity contribution is -0.130. The number of carbonyl (C=O) groups is 3. The van der Waals surface area contributed by atoms with E-state index in [1.807, 2.05) is 18.2 Å². The van der Waals surface area contributed by atoms with Crippen molar-refractivity contribution in [2.75, 3.05) is 44.3 Å². The molecule has 10 nitrogen and oxygen atoms in total. The number of nitrogens with zero attached hydrogens (tertiary/aromatic N) is 4. The first-order valence-corrected chi connectivity index (χ1v) is 13.9. The van der Waals surface area contributed by atoms with Crippen molar-refractivity contribution in [1.29, 1.82) is 0 Å². The lowest BCUT2D eigenvalue weighted by Gasteiger charge is -2.34. The topological polar surface area (TPSA) is 118 Å². The van der Waals surface area contributed by atoms with Gasteiger partial charge >= 0.3 is 6.09 Å². The van der Waals surface area contributed by atoms with E-state index in [4.69, 9.17) is 4.74 Å². The van der Waals surface area contributed by atoms with Crippen LogP contribution < -0.4 is 4.80 Å². The molecule has 3 rings (SSSR count). The minimum Gasteiger partial charge on any atom is -0.450 e. The van der Waals surface area contributed by atoms with Crippen LogP contribution in [0.15, 0.2) is 40.3 Å². The van der Waals surface area contributed by atoms with E-state index in [9.17, 15) is 22.8 Å². The van der Waals surface area contributed by atoms with Gasteiger partial charge in [0.15, 0.2) is 14.6 Å². The number of thiazole rings is 1. The van der Waals surface area contributed by atoms with Gasteiger partial charge in [-0.05, 0) is 25.1 Å². The van der Waals surface area contributed by atoms with Crippen LogP contribution in [-0.4, -0.2) is 85.0 Å². The Morgan fingerprint density at radius 3 is 2.50 bits per heavy atom. The van der Waals surface area contributed by atoms with Crippen LogP contribution in [0.25, 0.3) is 10.2 Å². The van der Waals surface area contributed by atoms with Crippen molar-refractivity contribution in [3.63, 3.8) is 0 Å². The molecule has 0 spiro atoms. The number of amides is 3. The van der Waals surface area contributed by atoms with Gasteiger partial charge in [0.05, 0.1) is 16.8 Å². The molecular formula is C21H25BrN4O6S2. The molecule has 1 aromatic heterocycles. The fourth-order valence-corrected chi connectivity index (χ4v) is 6.16. The number of sulfone groups is 1. The van der Waals surface area contributed by atoms with Crippen LogP contribution in [0.3, 0.4) is 0 Å². The van der Waals surface area contributed by atoms with E-state index < -0.39 is 39.3 Å². The molecule has 1 aliphatic heterocycles. The minimum atomic E-state index is -4.02. The zero-order valence-corrected chi connectivity index (χ0v) is 21.8. The van der Waals surface area contributed by atoms with E-state index in [2.05, 4.69) is 27.5 Å². The summed E-state index contributed by atoms with van der Waals surface area (Å²) in [5, 5.41) is 0. The lowest BCUT2D eigenvalue weighted by atomic mass is 10.3. The van der Waals surface area contributed by atoms with Crippen LogP contribution in [-0.2, 0) is 30.7 Å². The van der Waals surface area contributed by atoms with E-state index >= 15 is 0 Å². The number of hydrogen-bond donors (Lipinski definition) is 0. The Hall–Kier alpha value is -2.51. The fourth-order valence-electron chi connectivity index (χ4n) is 3.45. The Morgan fingerprint density at radius 1 is 1.18 bits per heavy atom. The van der Waals surface area contributed by atoms with Crippen molar-refractivity contribution in [2.45, 2.75) is 13.5 Å². The molecular weight excluding hydrogens is 548 g/mol. The molecule has 184 valence electrons. The second-order valence-electron chi connectivity index (χ2n) is 7.50. The zero-order chi connectivity index (χ0) is 24.9. The number of allylic oxidation sites excluding steroid dienone is 1. The molecule has 0 atom stereocenters. The first-order valence-electron chi connectivity index (χ1n) is 10.5. The molecule has 34 heavy (non-hydrogen) atoms. The Balaban J connectivity index is 1.66. The number of halogens is 1. The maximum atomic E-state index is 12.5. The molecule has 2 aromatic rings. The Bertz CT molecular complexity index is 1280. The molecule has 2 heterocycles. The van der Waals surface area contributed by atoms with E-state index in [1.165, 1.54) is 21.1 Å². The van der Waals surface area contributed by atoms with Crippen LogP contribution in [0.1, 0.15) is 6.92 Å². The summed E-state index contributed by atoms with van der Waals surface area (Å²) in [7, 11) is -4.02. The summed E-state index contributed by atoms with van der Waals surface area (Å²) in [4.78, 5) is 44.0. The molecule has 1 aromatic carbocycles. The van der Waals surface area contributed by atoms with Crippen molar-refractivity contribution in [3.8, 4) is 0 Å². The lowest BCUT2D eigenvalue weighted by Crippen LogP contribution is -2.52. The quantitative estimate of drug-likeness (QED) is 0.467. The molecule has 0 aliphatic carbocycles. The highest BCUT2D eigenvalue weighted by Gasteiger charge is 2.28. The average molecular weight is 573 g/mol. The fraction of sp³-hybridized carbons (Fsp3) is 0.429. The van der Waals surface area contributed by atoms with Crippen molar-refractivity contribution < 1.29 is 27.5 Å². The minimum absolute atomic E-state index is 0.199. The van der Waals surface area contributed by atoms with Crippen molar-refractivity contribution >= 4 is 65.2 Å². The first-order chi connectivity index (χ1) is 16.1. The molecule has 3 amide bonds. The normalized spacial score (nSPS) is 14.9. The number of benzene rings is 1. The van der Waals surface area contributed by atoms with Crippen LogP contribution in [0.2, 0.25) is 0 Å². The van der Waals surface area contributed by atoms with Gasteiger partial charge < -0.3 is 19.1 Å². The number of piperazine rings is 1. The van der Waals surface area contributed by atoms with Crippen LogP contribution in [0.4, 0.5) is 4.79 Å². The third kappa shape index (κ3) is 6.54. The smallest absolute Gasteiger partial charge is 0.409 e. The predicted octanol–water partition coefficient (Wildman–Crippen LogP) is 1.79. The average Bonchev–Trinajstić information content (AvgIpc) is 3.09. The van der Waals surface area contributed by atoms with Crippen LogP contribution in [0, 0.1) is 0 Å². The SMILES string of the molecule is C=CCn1c(=NC(=O)CS(=O)(=O)CC(=O)N2CCN(C(=O)OCC)CC2)sc2cc(Br)ccc21.